The van der Waals surface area contributed by atoms with E-state index in [2.05, 4.69) is 10.2 Å². The molecule has 0 radical (unpaired) electrons. The third kappa shape index (κ3) is 3.48. The van der Waals surface area contributed by atoms with Crippen LogP contribution in [0.4, 0.5) is 10.1 Å². The molecule has 1 heterocycles. The van der Waals surface area contributed by atoms with Crippen molar-refractivity contribution in [3.8, 4) is 17.1 Å². The number of ether oxygens (including phenoxy) is 1. The zero-order valence-corrected chi connectivity index (χ0v) is 15.9. The Morgan fingerprint density at radius 1 is 1.12 bits per heavy atom. The lowest BCUT2D eigenvalue weighted by atomic mass is 10.1. The number of rotatable bonds is 4. The number of hydrogen-bond acceptors (Lipinski definition) is 4. The molecule has 2 aromatic carbocycles. The summed E-state index contributed by atoms with van der Waals surface area (Å²) in [6.07, 6.45) is 0. The number of halogens is 3. The molecule has 0 fully saturated rings. The van der Waals surface area contributed by atoms with Crippen LogP contribution in [-0.2, 0) is 12.6 Å². The quantitative estimate of drug-likeness (QED) is 0.643. The van der Waals surface area contributed by atoms with Crippen molar-refractivity contribution in [1.82, 2.24) is 14.8 Å². The van der Waals surface area contributed by atoms with Gasteiger partial charge in [-0.3, -0.25) is 0 Å². The monoisotopic (exact) mass is 394 g/mol. The van der Waals surface area contributed by atoms with Crippen LogP contribution in [0.1, 0.15) is 19.7 Å². The largest absolute Gasteiger partial charge is 0.477 e. The van der Waals surface area contributed by atoms with Crippen LogP contribution in [0.15, 0.2) is 36.4 Å². The van der Waals surface area contributed by atoms with Gasteiger partial charge in [-0.2, -0.15) is 0 Å². The van der Waals surface area contributed by atoms with Gasteiger partial charge in [0, 0.05) is 23.3 Å². The number of nitrogens with two attached hydrogens (primary N) is 1. The van der Waals surface area contributed by atoms with E-state index >= 15 is 0 Å². The van der Waals surface area contributed by atoms with Gasteiger partial charge in [-0.05, 0) is 50.2 Å². The van der Waals surface area contributed by atoms with Gasteiger partial charge in [0.25, 0.3) is 0 Å². The first kappa shape index (κ1) is 18.5. The highest BCUT2D eigenvalue weighted by Gasteiger charge is 2.31. The maximum Gasteiger partial charge on any atom is 0.176 e. The second-order valence-electron chi connectivity index (χ2n) is 6.33. The third-order valence-electron chi connectivity index (χ3n) is 3.91. The van der Waals surface area contributed by atoms with Gasteiger partial charge in [0.15, 0.2) is 28.8 Å². The highest BCUT2D eigenvalue weighted by atomic mass is 35.5. The van der Waals surface area contributed by atoms with Crippen molar-refractivity contribution in [3.05, 3.63) is 58.1 Å². The van der Waals surface area contributed by atoms with Gasteiger partial charge in [-0.15, -0.1) is 10.2 Å². The van der Waals surface area contributed by atoms with Gasteiger partial charge in [0.2, 0.25) is 0 Å². The van der Waals surface area contributed by atoms with Gasteiger partial charge in [-0.25, -0.2) is 4.39 Å². The predicted octanol–water partition coefficient (Wildman–Crippen LogP) is 4.82. The first-order valence-electron chi connectivity index (χ1n) is 7.78. The van der Waals surface area contributed by atoms with Crippen molar-refractivity contribution < 1.29 is 9.13 Å². The third-order valence-corrected chi connectivity index (χ3v) is 4.45. The Morgan fingerprint density at radius 2 is 1.85 bits per heavy atom. The first-order chi connectivity index (χ1) is 12.2. The van der Waals surface area contributed by atoms with E-state index in [-0.39, 0.29) is 5.75 Å². The molecule has 5 nitrogen and oxygen atoms in total. The first-order valence-corrected chi connectivity index (χ1v) is 8.54. The van der Waals surface area contributed by atoms with Crippen molar-refractivity contribution in [2.75, 3.05) is 5.73 Å². The fourth-order valence-corrected chi connectivity index (χ4v) is 3.11. The van der Waals surface area contributed by atoms with Crippen LogP contribution in [-0.4, -0.2) is 14.8 Å². The Morgan fingerprint density at radius 3 is 2.50 bits per heavy atom. The van der Waals surface area contributed by atoms with E-state index in [0.717, 1.165) is 0 Å². The lowest BCUT2D eigenvalue weighted by molar-refractivity contribution is 0.0894. The molecule has 26 heavy (non-hydrogen) atoms. The van der Waals surface area contributed by atoms with Crippen molar-refractivity contribution in [2.45, 2.75) is 19.4 Å². The minimum absolute atomic E-state index is 0.0782. The molecular formula is C18H17Cl2FN4O. The van der Waals surface area contributed by atoms with Crippen LogP contribution >= 0.6 is 23.2 Å². The summed E-state index contributed by atoms with van der Waals surface area (Å²) < 4.78 is 21.7. The Balaban J connectivity index is 1.97. The number of nitrogens with zero attached hydrogens (tertiary/aromatic N) is 3. The predicted molar refractivity (Wildman–Crippen MR) is 101 cm³/mol. The van der Waals surface area contributed by atoms with Gasteiger partial charge in [-0.1, -0.05) is 23.2 Å². The molecule has 0 saturated carbocycles. The van der Waals surface area contributed by atoms with Gasteiger partial charge < -0.3 is 15.0 Å². The molecular weight excluding hydrogens is 378 g/mol. The molecule has 0 aliphatic carbocycles. The second-order valence-corrected chi connectivity index (χ2v) is 7.18. The number of nitrogen functional groups attached to an aromatic ring is 1. The molecule has 8 heteroatoms. The van der Waals surface area contributed by atoms with E-state index in [4.69, 9.17) is 33.7 Å². The van der Waals surface area contributed by atoms with E-state index in [9.17, 15) is 4.39 Å². The highest BCUT2D eigenvalue weighted by Crippen LogP contribution is 2.33. The number of benzene rings is 2. The van der Waals surface area contributed by atoms with Crippen molar-refractivity contribution >= 4 is 28.9 Å². The summed E-state index contributed by atoms with van der Waals surface area (Å²) in [5.41, 5.74) is 6.04. The molecule has 136 valence electrons. The molecule has 0 spiro atoms. The molecule has 0 atom stereocenters. The maximum absolute atomic E-state index is 14.1. The van der Waals surface area contributed by atoms with Gasteiger partial charge in [0.1, 0.15) is 0 Å². The topological polar surface area (TPSA) is 66.0 Å². The highest BCUT2D eigenvalue weighted by molar-refractivity contribution is 6.33. The average molecular weight is 395 g/mol. The SMILES string of the molecule is Cn1c(-c2ccc(N)cc2Cl)nnc1C(C)(C)Oc1ccc(Cl)cc1F. The smallest absolute Gasteiger partial charge is 0.176 e. The van der Waals surface area contributed by atoms with Gasteiger partial charge in [0.05, 0.1) is 5.02 Å². The molecule has 0 bridgehead atoms. The van der Waals surface area contributed by atoms with Crippen molar-refractivity contribution in [2.24, 2.45) is 7.05 Å². The molecule has 0 aliphatic heterocycles. The van der Waals surface area contributed by atoms with E-state index in [1.807, 2.05) is 0 Å². The minimum Gasteiger partial charge on any atom is -0.477 e. The Kier molecular flexibility index (Phi) is 4.82. The van der Waals surface area contributed by atoms with Crippen molar-refractivity contribution in [3.63, 3.8) is 0 Å². The molecule has 0 saturated heterocycles. The minimum atomic E-state index is -0.949. The molecule has 0 unspecified atom stereocenters. The van der Waals surface area contributed by atoms with E-state index in [1.165, 1.54) is 12.1 Å². The summed E-state index contributed by atoms with van der Waals surface area (Å²) in [6, 6.07) is 9.40. The standard InChI is InChI=1S/C18H17Cl2FN4O/c1-18(2,26-15-7-4-10(19)8-14(15)21)17-24-23-16(25(17)3)12-6-5-11(22)9-13(12)20/h4-9H,22H2,1-3H3. The Labute approximate surface area is 160 Å². The average Bonchev–Trinajstić information content (AvgIpc) is 2.92. The number of anilines is 1. The summed E-state index contributed by atoms with van der Waals surface area (Å²) in [6.45, 7) is 3.55. The zero-order chi connectivity index (χ0) is 19.1. The van der Waals surface area contributed by atoms with Crippen LogP contribution in [0.25, 0.3) is 11.4 Å². The molecule has 1 aromatic heterocycles. The maximum atomic E-state index is 14.1. The van der Waals surface area contributed by atoms with Crippen LogP contribution < -0.4 is 10.5 Å². The molecule has 2 N–H and O–H groups in total. The molecule has 0 amide bonds. The van der Waals surface area contributed by atoms with Crippen molar-refractivity contribution in [1.29, 1.82) is 0 Å². The number of aromatic nitrogens is 3. The van der Waals surface area contributed by atoms with Crippen LogP contribution in [0.2, 0.25) is 10.0 Å². The van der Waals surface area contributed by atoms with E-state index in [0.29, 0.717) is 32.9 Å². The molecule has 3 rings (SSSR count). The van der Waals surface area contributed by atoms with Crippen LogP contribution in [0.3, 0.4) is 0 Å². The summed E-state index contributed by atoms with van der Waals surface area (Å²) in [4.78, 5) is 0. The lowest BCUT2D eigenvalue weighted by Gasteiger charge is -2.25. The fourth-order valence-electron chi connectivity index (χ4n) is 2.68. The van der Waals surface area contributed by atoms with E-state index in [1.54, 1.807) is 49.7 Å². The van der Waals surface area contributed by atoms with Crippen LogP contribution in [0, 0.1) is 5.82 Å². The summed E-state index contributed by atoms with van der Waals surface area (Å²) in [5.74, 6) is 0.594. The molecule has 3 aromatic rings. The second kappa shape index (κ2) is 6.78. The van der Waals surface area contributed by atoms with Crippen LogP contribution in [0.5, 0.6) is 5.75 Å². The van der Waals surface area contributed by atoms with E-state index < -0.39 is 11.4 Å². The Bertz CT molecular complexity index is 972. The number of hydrogen-bond donors (Lipinski definition) is 1. The van der Waals surface area contributed by atoms with Gasteiger partial charge >= 0.3 is 0 Å². The summed E-state index contributed by atoms with van der Waals surface area (Å²) in [5, 5.41) is 9.20. The summed E-state index contributed by atoms with van der Waals surface area (Å²) in [7, 11) is 1.79. The summed E-state index contributed by atoms with van der Waals surface area (Å²) >= 11 is 12.1. The lowest BCUT2D eigenvalue weighted by Crippen LogP contribution is -2.29. The Hall–Kier alpha value is -2.31. The zero-order valence-electron chi connectivity index (χ0n) is 14.4. The normalized spacial score (nSPS) is 11.6. The fraction of sp³-hybridized carbons (Fsp3) is 0.222. The molecule has 0 aliphatic rings.